The number of amides is 1. The average Bonchev–Trinajstić information content (AvgIpc) is 2.42. The summed E-state index contributed by atoms with van der Waals surface area (Å²) in [5, 5.41) is 11.9. The van der Waals surface area contributed by atoms with Gasteiger partial charge in [-0.3, -0.25) is 14.9 Å². The highest BCUT2D eigenvalue weighted by Crippen LogP contribution is 2.22. The maximum Gasteiger partial charge on any atom is 0.273 e. The molecule has 0 atom stereocenters. The molecule has 0 heterocycles. The Morgan fingerprint density at radius 2 is 2.05 bits per heavy atom. The number of nitro benzene ring substituents is 1. The first kappa shape index (κ1) is 16.6. The van der Waals surface area contributed by atoms with Crippen molar-refractivity contribution in [3.05, 3.63) is 39.4 Å². The Morgan fingerprint density at radius 3 is 2.65 bits per heavy atom. The summed E-state index contributed by atoms with van der Waals surface area (Å²) in [6, 6.07) is 4.61. The molecule has 20 heavy (non-hydrogen) atoms. The molecule has 110 valence electrons. The Hall–Kier alpha value is -1.43. The molecular weight excluding hydrogens is 324 g/mol. The van der Waals surface area contributed by atoms with Gasteiger partial charge < -0.3 is 4.90 Å². The van der Waals surface area contributed by atoms with E-state index in [-0.39, 0.29) is 11.6 Å². The van der Waals surface area contributed by atoms with Crippen LogP contribution in [0, 0.1) is 17.0 Å². The minimum Gasteiger partial charge on any atom is -0.342 e. The predicted molar refractivity (Wildman–Crippen MR) is 82.4 cm³/mol. The van der Waals surface area contributed by atoms with E-state index in [1.54, 1.807) is 31.0 Å². The van der Waals surface area contributed by atoms with Gasteiger partial charge in [0.1, 0.15) is 0 Å². The number of nitrogens with zero attached hydrogens (tertiary/aromatic N) is 2. The van der Waals surface area contributed by atoms with Crippen LogP contribution in [0.15, 0.2) is 18.2 Å². The number of carbonyl (C=O) groups excluding carboxylic acids is 1. The van der Waals surface area contributed by atoms with Crippen molar-refractivity contribution in [2.75, 3.05) is 18.9 Å². The molecule has 0 aromatic heterocycles. The minimum absolute atomic E-state index is 0.0106. The van der Waals surface area contributed by atoms with E-state index in [0.29, 0.717) is 17.7 Å². The summed E-state index contributed by atoms with van der Waals surface area (Å²) >= 11 is 3.37. The van der Waals surface area contributed by atoms with Crippen LogP contribution in [0.3, 0.4) is 0 Å². The maximum absolute atomic E-state index is 12.3. The van der Waals surface area contributed by atoms with Crippen molar-refractivity contribution in [2.24, 2.45) is 0 Å². The maximum atomic E-state index is 12.3. The fourth-order valence-electron chi connectivity index (χ4n) is 1.98. The van der Waals surface area contributed by atoms with Gasteiger partial charge in [0.05, 0.1) is 4.92 Å². The van der Waals surface area contributed by atoms with Crippen LogP contribution in [0.1, 0.15) is 35.2 Å². The number of benzene rings is 1. The van der Waals surface area contributed by atoms with E-state index in [9.17, 15) is 14.9 Å². The van der Waals surface area contributed by atoms with Crippen LogP contribution in [0.5, 0.6) is 0 Å². The Kier molecular flexibility index (Phi) is 6.64. The summed E-state index contributed by atoms with van der Waals surface area (Å²) in [5.74, 6) is -0.162. The summed E-state index contributed by atoms with van der Waals surface area (Å²) in [6.07, 6.45) is 3.07. The van der Waals surface area contributed by atoms with E-state index >= 15 is 0 Å². The number of alkyl halides is 1. The van der Waals surface area contributed by atoms with Gasteiger partial charge in [0.2, 0.25) is 0 Å². The second-order valence-electron chi connectivity index (χ2n) is 4.68. The third-order valence-electron chi connectivity index (χ3n) is 3.21. The van der Waals surface area contributed by atoms with Gasteiger partial charge in [0.15, 0.2) is 0 Å². The molecule has 0 N–H and O–H groups in total. The molecule has 0 saturated heterocycles. The molecule has 0 unspecified atom stereocenters. The largest absolute Gasteiger partial charge is 0.342 e. The van der Waals surface area contributed by atoms with Crippen molar-refractivity contribution in [3.8, 4) is 0 Å². The van der Waals surface area contributed by atoms with Crippen LogP contribution < -0.4 is 0 Å². The van der Waals surface area contributed by atoms with Crippen molar-refractivity contribution in [1.82, 2.24) is 4.90 Å². The molecular formula is C14H19BrN2O3. The van der Waals surface area contributed by atoms with Gasteiger partial charge in [-0.25, -0.2) is 0 Å². The molecule has 0 aliphatic rings. The average molecular weight is 343 g/mol. The van der Waals surface area contributed by atoms with Crippen molar-refractivity contribution in [3.63, 3.8) is 0 Å². The molecule has 1 aromatic carbocycles. The van der Waals surface area contributed by atoms with Crippen LogP contribution in [0.2, 0.25) is 0 Å². The Morgan fingerprint density at radius 1 is 1.35 bits per heavy atom. The second-order valence-corrected chi connectivity index (χ2v) is 5.48. The highest BCUT2D eigenvalue weighted by Gasteiger charge is 2.20. The highest BCUT2D eigenvalue weighted by molar-refractivity contribution is 9.09. The fourth-order valence-corrected chi connectivity index (χ4v) is 2.38. The third-order valence-corrected chi connectivity index (χ3v) is 3.77. The number of nitro groups is 1. The van der Waals surface area contributed by atoms with Gasteiger partial charge in [-0.2, -0.15) is 0 Å². The van der Waals surface area contributed by atoms with E-state index in [2.05, 4.69) is 15.9 Å². The lowest BCUT2D eigenvalue weighted by atomic mass is 10.1. The van der Waals surface area contributed by atoms with E-state index < -0.39 is 4.92 Å². The zero-order valence-electron chi connectivity index (χ0n) is 11.8. The molecule has 0 saturated carbocycles. The number of carbonyl (C=O) groups is 1. The van der Waals surface area contributed by atoms with Crippen LogP contribution >= 0.6 is 15.9 Å². The number of halogens is 1. The first-order valence-corrected chi connectivity index (χ1v) is 7.66. The zero-order valence-corrected chi connectivity index (χ0v) is 13.4. The molecule has 0 aliphatic carbocycles. The molecule has 1 amide bonds. The number of rotatable bonds is 7. The Bertz CT molecular complexity index is 491. The lowest BCUT2D eigenvalue weighted by molar-refractivity contribution is -0.385. The van der Waals surface area contributed by atoms with Gasteiger partial charge in [0.25, 0.3) is 11.6 Å². The first-order valence-electron chi connectivity index (χ1n) is 6.54. The van der Waals surface area contributed by atoms with Crippen LogP contribution in [0.4, 0.5) is 5.69 Å². The molecule has 1 aromatic rings. The van der Waals surface area contributed by atoms with E-state index in [4.69, 9.17) is 0 Å². The number of unbranched alkanes of at least 4 members (excludes halogenated alkanes) is 2. The summed E-state index contributed by atoms with van der Waals surface area (Å²) in [5.41, 5.74) is 0.820. The SMILES string of the molecule is Cc1c(C(=O)N(C)CCCCCBr)cccc1[N+](=O)[O-]. The van der Waals surface area contributed by atoms with Crippen molar-refractivity contribution in [1.29, 1.82) is 0 Å². The quantitative estimate of drug-likeness (QED) is 0.329. The standard InChI is InChI=1S/C14H19BrN2O3/c1-11-12(7-6-8-13(11)17(19)20)14(18)16(2)10-5-3-4-9-15/h6-8H,3-5,9-10H2,1-2H3. The van der Waals surface area contributed by atoms with E-state index in [0.717, 1.165) is 24.6 Å². The Balaban J connectivity index is 2.76. The summed E-state index contributed by atoms with van der Waals surface area (Å²) < 4.78 is 0. The first-order chi connectivity index (χ1) is 9.49. The van der Waals surface area contributed by atoms with Crippen molar-refractivity contribution in [2.45, 2.75) is 26.2 Å². The number of hydrogen-bond donors (Lipinski definition) is 0. The van der Waals surface area contributed by atoms with Crippen LogP contribution in [-0.2, 0) is 0 Å². The van der Waals surface area contributed by atoms with Crippen molar-refractivity contribution >= 4 is 27.5 Å². The minimum atomic E-state index is -0.456. The summed E-state index contributed by atoms with van der Waals surface area (Å²) in [4.78, 5) is 24.4. The molecule has 0 aliphatic heterocycles. The Labute approximate surface area is 127 Å². The smallest absolute Gasteiger partial charge is 0.273 e. The molecule has 0 spiro atoms. The molecule has 5 nitrogen and oxygen atoms in total. The van der Waals surface area contributed by atoms with E-state index in [1.165, 1.54) is 6.07 Å². The molecule has 0 radical (unpaired) electrons. The highest BCUT2D eigenvalue weighted by atomic mass is 79.9. The molecule has 6 heteroatoms. The summed E-state index contributed by atoms with van der Waals surface area (Å²) in [7, 11) is 1.73. The molecule has 0 bridgehead atoms. The topological polar surface area (TPSA) is 63.5 Å². The monoisotopic (exact) mass is 342 g/mol. The second kappa shape index (κ2) is 7.99. The molecule has 1 rings (SSSR count). The normalized spacial score (nSPS) is 10.3. The van der Waals surface area contributed by atoms with Gasteiger partial charge in [-0.1, -0.05) is 28.4 Å². The van der Waals surface area contributed by atoms with Gasteiger partial charge >= 0.3 is 0 Å². The lowest BCUT2D eigenvalue weighted by Gasteiger charge is -2.18. The lowest BCUT2D eigenvalue weighted by Crippen LogP contribution is -2.28. The van der Waals surface area contributed by atoms with Crippen LogP contribution in [0.25, 0.3) is 0 Å². The number of hydrogen-bond acceptors (Lipinski definition) is 3. The van der Waals surface area contributed by atoms with Crippen molar-refractivity contribution < 1.29 is 9.72 Å². The molecule has 0 fully saturated rings. The summed E-state index contributed by atoms with van der Waals surface area (Å²) in [6.45, 7) is 2.28. The van der Waals surface area contributed by atoms with E-state index in [1.807, 2.05) is 0 Å². The fraction of sp³-hybridized carbons (Fsp3) is 0.500. The van der Waals surface area contributed by atoms with Gasteiger partial charge in [-0.15, -0.1) is 0 Å². The van der Waals surface area contributed by atoms with Gasteiger partial charge in [0, 0.05) is 36.1 Å². The van der Waals surface area contributed by atoms with Crippen LogP contribution in [-0.4, -0.2) is 34.7 Å². The predicted octanol–water partition coefficient (Wildman–Crippen LogP) is 3.54. The van der Waals surface area contributed by atoms with Gasteiger partial charge in [-0.05, 0) is 25.8 Å². The third kappa shape index (κ3) is 4.30. The zero-order chi connectivity index (χ0) is 15.1.